The van der Waals surface area contributed by atoms with Gasteiger partial charge in [-0.3, -0.25) is 4.79 Å². The molecule has 1 aromatic rings. The Morgan fingerprint density at radius 1 is 1.39 bits per heavy atom. The van der Waals surface area contributed by atoms with Crippen molar-refractivity contribution in [3.05, 3.63) is 34.1 Å². The van der Waals surface area contributed by atoms with E-state index in [0.717, 1.165) is 4.90 Å². The molecule has 1 aromatic carbocycles. The van der Waals surface area contributed by atoms with Gasteiger partial charge in [-0.2, -0.15) is 13.2 Å². The van der Waals surface area contributed by atoms with Crippen molar-refractivity contribution in [1.29, 1.82) is 0 Å². The maximum absolute atomic E-state index is 13.6. The predicted molar refractivity (Wildman–Crippen MR) is 61.7 cm³/mol. The quantitative estimate of drug-likeness (QED) is 0.776. The Morgan fingerprint density at radius 3 is 2.56 bits per heavy atom. The summed E-state index contributed by atoms with van der Waals surface area (Å²) in [4.78, 5) is 12.6. The Hall–Kier alpha value is -1.11. The van der Waals surface area contributed by atoms with Gasteiger partial charge >= 0.3 is 6.18 Å². The van der Waals surface area contributed by atoms with Gasteiger partial charge in [0.2, 0.25) is 0 Å². The molecule has 0 atom stereocenters. The molecule has 0 unspecified atom stereocenters. The van der Waals surface area contributed by atoms with Gasteiger partial charge in [0.05, 0.1) is 16.5 Å². The minimum absolute atomic E-state index is 0.0950. The third-order valence-corrected chi connectivity index (χ3v) is 2.87. The normalized spacial score (nSPS) is 11.4. The summed E-state index contributed by atoms with van der Waals surface area (Å²) < 4.78 is 49.7. The van der Waals surface area contributed by atoms with Crippen LogP contribution in [0.25, 0.3) is 0 Å². The fourth-order valence-corrected chi connectivity index (χ4v) is 1.64. The topological polar surface area (TPSA) is 20.3 Å². The number of benzene rings is 1. The highest BCUT2D eigenvalue weighted by Gasteiger charge is 2.28. The molecule has 0 heterocycles. The highest BCUT2D eigenvalue weighted by atomic mass is 79.9. The first-order chi connectivity index (χ1) is 8.22. The van der Waals surface area contributed by atoms with Crippen LogP contribution < -0.4 is 0 Å². The zero-order valence-electron chi connectivity index (χ0n) is 9.39. The van der Waals surface area contributed by atoms with Crippen LogP contribution >= 0.6 is 15.9 Å². The Balaban J connectivity index is 2.78. The van der Waals surface area contributed by atoms with Gasteiger partial charge in [-0.15, -0.1) is 0 Å². The van der Waals surface area contributed by atoms with E-state index in [1.54, 1.807) is 0 Å². The molecule has 0 aromatic heterocycles. The minimum Gasteiger partial charge on any atom is -0.341 e. The van der Waals surface area contributed by atoms with E-state index in [9.17, 15) is 22.4 Å². The monoisotopic (exact) mass is 327 g/mol. The zero-order chi connectivity index (χ0) is 13.9. The first kappa shape index (κ1) is 14.9. The molecule has 1 rings (SSSR count). The van der Waals surface area contributed by atoms with E-state index in [4.69, 9.17) is 0 Å². The summed E-state index contributed by atoms with van der Waals surface area (Å²) in [5, 5.41) is 0. The van der Waals surface area contributed by atoms with E-state index < -0.39 is 30.9 Å². The van der Waals surface area contributed by atoms with Crippen molar-refractivity contribution in [2.24, 2.45) is 0 Å². The maximum atomic E-state index is 13.6. The number of halogens is 5. The number of rotatable bonds is 3. The lowest BCUT2D eigenvalue weighted by molar-refractivity contribution is -0.136. The van der Waals surface area contributed by atoms with Crippen LogP contribution in [0.5, 0.6) is 0 Å². The van der Waals surface area contributed by atoms with E-state index in [1.165, 1.54) is 25.2 Å². The van der Waals surface area contributed by atoms with Crippen molar-refractivity contribution in [3.63, 3.8) is 0 Å². The number of carbonyl (C=O) groups excluding carboxylic acids is 1. The molecule has 0 saturated carbocycles. The number of amides is 1. The van der Waals surface area contributed by atoms with Gasteiger partial charge in [0.15, 0.2) is 0 Å². The van der Waals surface area contributed by atoms with Gasteiger partial charge in [-0.05, 0) is 28.1 Å². The fourth-order valence-electron chi connectivity index (χ4n) is 1.27. The summed E-state index contributed by atoms with van der Waals surface area (Å²) >= 11 is 2.91. The van der Waals surface area contributed by atoms with Crippen molar-refractivity contribution >= 4 is 21.8 Å². The largest absolute Gasteiger partial charge is 0.390 e. The summed E-state index contributed by atoms with van der Waals surface area (Å²) in [5.74, 6) is -1.56. The van der Waals surface area contributed by atoms with E-state index in [2.05, 4.69) is 15.9 Å². The van der Waals surface area contributed by atoms with Crippen LogP contribution in [0, 0.1) is 5.82 Å². The zero-order valence-corrected chi connectivity index (χ0v) is 11.0. The highest BCUT2D eigenvalue weighted by molar-refractivity contribution is 9.10. The van der Waals surface area contributed by atoms with Crippen molar-refractivity contribution in [2.75, 3.05) is 13.6 Å². The van der Waals surface area contributed by atoms with E-state index in [0.29, 0.717) is 0 Å². The smallest absolute Gasteiger partial charge is 0.341 e. The molecule has 0 fully saturated rings. The summed E-state index contributed by atoms with van der Waals surface area (Å²) in [6.07, 6.45) is -5.46. The Labute approximate surface area is 110 Å². The first-order valence-corrected chi connectivity index (χ1v) is 5.78. The Kier molecular flexibility index (Phi) is 4.72. The second-order valence-electron chi connectivity index (χ2n) is 3.69. The number of hydrogen-bond donors (Lipinski definition) is 0. The lowest BCUT2D eigenvalue weighted by Crippen LogP contribution is -2.31. The molecule has 0 saturated heterocycles. The van der Waals surface area contributed by atoms with E-state index in [-0.39, 0.29) is 10.0 Å². The van der Waals surface area contributed by atoms with Crippen molar-refractivity contribution in [2.45, 2.75) is 12.6 Å². The molecule has 100 valence electrons. The van der Waals surface area contributed by atoms with Gasteiger partial charge in [-0.25, -0.2) is 4.39 Å². The molecular formula is C11H10BrF4NO. The van der Waals surface area contributed by atoms with Crippen LogP contribution in [-0.4, -0.2) is 30.6 Å². The molecule has 1 amide bonds. The SMILES string of the molecule is CN(CCC(F)(F)F)C(=O)c1cccc(Br)c1F. The maximum Gasteiger partial charge on any atom is 0.390 e. The molecule has 0 aliphatic carbocycles. The molecular weight excluding hydrogens is 318 g/mol. The molecule has 0 aliphatic rings. The van der Waals surface area contributed by atoms with Crippen LogP contribution in [0.1, 0.15) is 16.8 Å². The van der Waals surface area contributed by atoms with Crippen molar-refractivity contribution < 1.29 is 22.4 Å². The average molecular weight is 328 g/mol. The summed E-state index contributed by atoms with van der Waals surface area (Å²) in [7, 11) is 1.20. The van der Waals surface area contributed by atoms with Gasteiger partial charge in [-0.1, -0.05) is 6.07 Å². The third-order valence-electron chi connectivity index (χ3n) is 2.26. The van der Waals surface area contributed by atoms with Crippen molar-refractivity contribution in [3.8, 4) is 0 Å². The average Bonchev–Trinajstić information content (AvgIpc) is 2.28. The summed E-state index contributed by atoms with van der Waals surface area (Å²) in [5.41, 5.74) is -0.256. The van der Waals surface area contributed by atoms with Gasteiger partial charge in [0.25, 0.3) is 5.91 Å². The lowest BCUT2D eigenvalue weighted by Gasteiger charge is -2.18. The molecule has 7 heteroatoms. The summed E-state index contributed by atoms with van der Waals surface area (Å²) in [6.45, 7) is -0.506. The lowest BCUT2D eigenvalue weighted by atomic mass is 10.2. The standard InChI is InChI=1S/C11H10BrF4NO/c1-17(6-5-11(14,15)16)10(18)7-3-2-4-8(12)9(7)13/h2-4H,5-6H2,1H3. The van der Waals surface area contributed by atoms with Crippen molar-refractivity contribution in [1.82, 2.24) is 4.90 Å². The molecule has 0 bridgehead atoms. The minimum atomic E-state index is -4.34. The summed E-state index contributed by atoms with van der Waals surface area (Å²) in [6, 6.07) is 4.08. The van der Waals surface area contributed by atoms with Crippen LogP contribution in [0.4, 0.5) is 17.6 Å². The molecule has 0 aliphatic heterocycles. The van der Waals surface area contributed by atoms with Gasteiger partial charge < -0.3 is 4.90 Å². The second-order valence-corrected chi connectivity index (χ2v) is 4.55. The van der Waals surface area contributed by atoms with Crippen LogP contribution in [0.3, 0.4) is 0 Å². The number of hydrogen-bond acceptors (Lipinski definition) is 1. The van der Waals surface area contributed by atoms with Crippen LogP contribution in [0.15, 0.2) is 22.7 Å². The van der Waals surface area contributed by atoms with Gasteiger partial charge in [0.1, 0.15) is 5.82 Å². The molecule has 2 nitrogen and oxygen atoms in total. The van der Waals surface area contributed by atoms with E-state index in [1.807, 2.05) is 0 Å². The number of alkyl halides is 3. The first-order valence-electron chi connectivity index (χ1n) is 4.98. The van der Waals surface area contributed by atoms with Crippen LogP contribution in [0.2, 0.25) is 0 Å². The Morgan fingerprint density at radius 2 is 2.00 bits per heavy atom. The number of carbonyl (C=O) groups is 1. The molecule has 0 radical (unpaired) electrons. The predicted octanol–water partition coefficient (Wildman–Crippen LogP) is 3.61. The molecule has 0 N–H and O–H groups in total. The highest BCUT2D eigenvalue weighted by Crippen LogP contribution is 2.22. The van der Waals surface area contributed by atoms with Gasteiger partial charge in [0, 0.05) is 13.6 Å². The second kappa shape index (κ2) is 5.69. The number of nitrogens with zero attached hydrogens (tertiary/aromatic N) is 1. The molecule has 18 heavy (non-hydrogen) atoms. The molecule has 0 spiro atoms. The van der Waals surface area contributed by atoms with E-state index >= 15 is 0 Å². The Bertz CT molecular complexity index is 447. The van der Waals surface area contributed by atoms with Crippen LogP contribution in [-0.2, 0) is 0 Å². The third kappa shape index (κ3) is 3.97. The fraction of sp³-hybridized carbons (Fsp3) is 0.364.